The van der Waals surface area contributed by atoms with Gasteiger partial charge in [0.2, 0.25) is 0 Å². The van der Waals surface area contributed by atoms with Crippen molar-refractivity contribution in [3.63, 3.8) is 0 Å². The van der Waals surface area contributed by atoms with Crippen LogP contribution in [0, 0.1) is 0 Å². The van der Waals surface area contributed by atoms with Crippen LogP contribution in [0.25, 0.3) is 0 Å². The zero-order valence-electron chi connectivity index (χ0n) is 7.81. The summed E-state index contributed by atoms with van der Waals surface area (Å²) in [6, 6.07) is 6.99. The number of halogens is 2. The maximum Gasteiger partial charge on any atom is 0.280 e. The van der Waals surface area contributed by atoms with Crippen molar-refractivity contribution in [3.8, 4) is 10.9 Å². The predicted molar refractivity (Wildman–Crippen MR) is 64.0 cm³/mol. The van der Waals surface area contributed by atoms with Crippen LogP contribution in [0.3, 0.4) is 0 Å². The van der Waals surface area contributed by atoms with E-state index in [1.54, 1.807) is 24.3 Å². The molecule has 0 saturated heterocycles. The highest BCUT2D eigenvalue weighted by Crippen LogP contribution is 2.33. The lowest BCUT2D eigenvalue weighted by Gasteiger charge is -2.02. The molecular weight excluding hydrogens is 269 g/mol. The molecule has 0 aliphatic heterocycles. The largest absolute Gasteiger partial charge is 0.429 e. The van der Waals surface area contributed by atoms with E-state index in [4.69, 9.17) is 27.9 Å². The van der Waals surface area contributed by atoms with Gasteiger partial charge in [0.25, 0.3) is 5.19 Å². The Bertz CT molecular complexity index is 527. The number of aromatic nitrogens is 1. The third-order valence-electron chi connectivity index (χ3n) is 1.73. The SMILES string of the molecule is O=Cc1sc(Oc2ccccc2Cl)nc1Cl. The summed E-state index contributed by atoms with van der Waals surface area (Å²) in [7, 11) is 0. The van der Waals surface area contributed by atoms with E-state index in [0.717, 1.165) is 11.3 Å². The van der Waals surface area contributed by atoms with Crippen LogP contribution < -0.4 is 4.74 Å². The fourth-order valence-corrected chi connectivity index (χ4v) is 2.13. The lowest BCUT2D eigenvalue weighted by molar-refractivity contribution is 0.112. The van der Waals surface area contributed by atoms with E-state index >= 15 is 0 Å². The van der Waals surface area contributed by atoms with Crippen molar-refractivity contribution in [2.24, 2.45) is 0 Å². The van der Waals surface area contributed by atoms with Gasteiger partial charge >= 0.3 is 0 Å². The molecule has 0 aliphatic rings. The molecule has 0 bridgehead atoms. The van der Waals surface area contributed by atoms with Gasteiger partial charge in [-0.1, -0.05) is 46.7 Å². The van der Waals surface area contributed by atoms with E-state index in [9.17, 15) is 4.79 Å². The van der Waals surface area contributed by atoms with Crippen LogP contribution >= 0.6 is 34.5 Å². The van der Waals surface area contributed by atoms with E-state index in [2.05, 4.69) is 4.98 Å². The van der Waals surface area contributed by atoms with Gasteiger partial charge in [-0.3, -0.25) is 4.79 Å². The van der Waals surface area contributed by atoms with Crippen LogP contribution in [0.2, 0.25) is 10.2 Å². The molecule has 1 aromatic heterocycles. The molecule has 6 heteroatoms. The summed E-state index contributed by atoms with van der Waals surface area (Å²) >= 11 is 12.7. The number of rotatable bonds is 3. The van der Waals surface area contributed by atoms with Crippen molar-refractivity contribution in [2.45, 2.75) is 0 Å². The molecule has 2 rings (SSSR count). The monoisotopic (exact) mass is 273 g/mol. The van der Waals surface area contributed by atoms with Crippen molar-refractivity contribution < 1.29 is 9.53 Å². The minimum absolute atomic E-state index is 0.141. The van der Waals surface area contributed by atoms with Crippen molar-refractivity contribution in [1.29, 1.82) is 0 Å². The first kappa shape index (κ1) is 11.4. The van der Waals surface area contributed by atoms with Crippen molar-refractivity contribution in [3.05, 3.63) is 39.3 Å². The van der Waals surface area contributed by atoms with Crippen LogP contribution in [0.4, 0.5) is 0 Å². The van der Waals surface area contributed by atoms with Crippen LogP contribution in [-0.2, 0) is 0 Å². The molecule has 0 N–H and O–H groups in total. The first-order valence-electron chi connectivity index (χ1n) is 4.24. The minimum atomic E-state index is 0.141. The first-order chi connectivity index (χ1) is 7.70. The lowest BCUT2D eigenvalue weighted by atomic mass is 10.3. The normalized spacial score (nSPS) is 10.1. The fraction of sp³-hybridized carbons (Fsp3) is 0. The molecule has 0 spiro atoms. The maximum atomic E-state index is 10.6. The summed E-state index contributed by atoms with van der Waals surface area (Å²) in [6.45, 7) is 0. The highest BCUT2D eigenvalue weighted by molar-refractivity contribution is 7.15. The Morgan fingerprint density at radius 3 is 2.69 bits per heavy atom. The van der Waals surface area contributed by atoms with Crippen LogP contribution in [0.1, 0.15) is 9.67 Å². The highest BCUT2D eigenvalue weighted by Gasteiger charge is 2.11. The van der Waals surface area contributed by atoms with Gasteiger partial charge in [-0.05, 0) is 12.1 Å². The summed E-state index contributed by atoms with van der Waals surface area (Å²) in [5.74, 6) is 0.479. The molecular formula is C10H5Cl2NO2S. The van der Waals surface area contributed by atoms with Gasteiger partial charge in [-0.25, -0.2) is 0 Å². The highest BCUT2D eigenvalue weighted by atomic mass is 35.5. The second-order valence-corrected chi connectivity index (χ2v) is 4.54. The van der Waals surface area contributed by atoms with Gasteiger partial charge in [0.15, 0.2) is 11.4 Å². The summed E-state index contributed by atoms with van der Waals surface area (Å²) in [4.78, 5) is 14.8. The maximum absolute atomic E-state index is 10.6. The van der Waals surface area contributed by atoms with Crippen molar-refractivity contribution >= 4 is 40.8 Å². The molecule has 1 heterocycles. The average Bonchev–Trinajstić information content (AvgIpc) is 2.62. The number of hydrogen-bond donors (Lipinski definition) is 0. The Kier molecular flexibility index (Phi) is 3.43. The molecule has 0 unspecified atom stereocenters. The number of para-hydroxylation sites is 1. The lowest BCUT2D eigenvalue weighted by Crippen LogP contribution is -1.83. The number of carbonyl (C=O) groups is 1. The molecule has 3 nitrogen and oxygen atoms in total. The van der Waals surface area contributed by atoms with Crippen LogP contribution in [0.15, 0.2) is 24.3 Å². The third kappa shape index (κ3) is 2.35. The Morgan fingerprint density at radius 1 is 1.31 bits per heavy atom. The number of thiazole rings is 1. The summed E-state index contributed by atoms with van der Waals surface area (Å²) < 4.78 is 5.40. The minimum Gasteiger partial charge on any atom is -0.429 e. The molecule has 0 amide bonds. The number of nitrogens with zero attached hydrogens (tertiary/aromatic N) is 1. The van der Waals surface area contributed by atoms with Gasteiger partial charge in [-0.2, -0.15) is 4.98 Å². The Balaban J connectivity index is 2.27. The molecule has 16 heavy (non-hydrogen) atoms. The average molecular weight is 274 g/mol. The number of ether oxygens (including phenoxy) is 1. The Morgan fingerprint density at radius 2 is 2.06 bits per heavy atom. The van der Waals surface area contributed by atoms with Gasteiger partial charge in [-0.15, -0.1) is 0 Å². The number of carbonyl (C=O) groups excluding carboxylic acids is 1. The summed E-state index contributed by atoms with van der Waals surface area (Å²) in [6.07, 6.45) is 0.638. The predicted octanol–water partition coefficient (Wildman–Crippen LogP) is 4.05. The molecule has 1 aromatic carbocycles. The smallest absolute Gasteiger partial charge is 0.280 e. The first-order valence-corrected chi connectivity index (χ1v) is 5.82. The van der Waals surface area contributed by atoms with E-state index in [1.165, 1.54) is 0 Å². The van der Waals surface area contributed by atoms with Crippen molar-refractivity contribution in [1.82, 2.24) is 4.98 Å². The van der Waals surface area contributed by atoms with Gasteiger partial charge in [0, 0.05) is 0 Å². The zero-order valence-corrected chi connectivity index (χ0v) is 10.1. The molecule has 82 valence electrons. The van der Waals surface area contributed by atoms with E-state index in [1.807, 2.05) is 0 Å². The Hall–Kier alpha value is -1.10. The van der Waals surface area contributed by atoms with Gasteiger partial charge in [0.05, 0.1) is 5.02 Å². The molecule has 0 saturated carbocycles. The number of aldehydes is 1. The Labute approximate surface area is 106 Å². The summed E-state index contributed by atoms with van der Waals surface area (Å²) in [5, 5.41) is 0.906. The van der Waals surface area contributed by atoms with Crippen molar-refractivity contribution in [2.75, 3.05) is 0 Å². The van der Waals surface area contributed by atoms with E-state index < -0.39 is 0 Å². The van der Waals surface area contributed by atoms with Crippen LogP contribution in [-0.4, -0.2) is 11.3 Å². The molecule has 0 radical (unpaired) electrons. The number of benzene rings is 1. The molecule has 0 aliphatic carbocycles. The molecule has 0 fully saturated rings. The quantitative estimate of drug-likeness (QED) is 0.792. The summed E-state index contributed by atoms with van der Waals surface area (Å²) in [5.41, 5.74) is 0. The van der Waals surface area contributed by atoms with Gasteiger partial charge < -0.3 is 4.74 Å². The zero-order chi connectivity index (χ0) is 11.5. The third-order valence-corrected chi connectivity index (χ3v) is 3.30. The fourth-order valence-electron chi connectivity index (χ4n) is 1.03. The number of hydrogen-bond acceptors (Lipinski definition) is 4. The molecule has 0 atom stereocenters. The van der Waals surface area contributed by atoms with E-state index in [-0.39, 0.29) is 5.15 Å². The van der Waals surface area contributed by atoms with E-state index in [0.29, 0.717) is 27.1 Å². The standard InChI is InChI=1S/C10H5Cl2NO2S/c11-6-3-1-2-4-7(6)15-10-13-9(12)8(5-14)16-10/h1-5H. The topological polar surface area (TPSA) is 39.2 Å². The van der Waals surface area contributed by atoms with Gasteiger partial charge in [0.1, 0.15) is 10.6 Å². The van der Waals surface area contributed by atoms with Crippen LogP contribution in [0.5, 0.6) is 10.9 Å². The molecule has 2 aromatic rings. The second-order valence-electron chi connectivity index (χ2n) is 2.79. The second kappa shape index (κ2) is 4.82.